The van der Waals surface area contributed by atoms with Crippen LogP contribution in [0.1, 0.15) is 21.6 Å². The molecule has 0 aliphatic rings. The Hall–Kier alpha value is -2.75. The van der Waals surface area contributed by atoms with Gasteiger partial charge < -0.3 is 10.3 Å². The Morgan fingerprint density at radius 2 is 1.68 bits per heavy atom. The molecule has 0 aliphatic carbocycles. The molecule has 0 aliphatic heterocycles. The van der Waals surface area contributed by atoms with E-state index < -0.39 is 5.91 Å². The molecule has 4 aromatic rings. The molecule has 0 saturated carbocycles. The second kappa shape index (κ2) is 7.34. The van der Waals surface area contributed by atoms with Gasteiger partial charge in [-0.05, 0) is 53.1 Å². The normalized spacial score (nSPS) is 11.1. The summed E-state index contributed by atoms with van der Waals surface area (Å²) in [6.07, 6.45) is 0. The zero-order valence-corrected chi connectivity index (χ0v) is 16.8. The maximum absolute atomic E-state index is 12.0. The van der Waals surface area contributed by atoms with Crippen LogP contribution in [0, 0.1) is 6.92 Å². The Labute approximate surface area is 173 Å². The van der Waals surface area contributed by atoms with Crippen molar-refractivity contribution in [3.8, 4) is 11.3 Å². The maximum Gasteiger partial charge on any atom is 0.250 e. The molecule has 1 heterocycles. The van der Waals surface area contributed by atoms with E-state index in [9.17, 15) is 4.79 Å². The van der Waals surface area contributed by atoms with Crippen molar-refractivity contribution in [3.05, 3.63) is 93.6 Å². The fourth-order valence-electron chi connectivity index (χ4n) is 3.51. The summed E-state index contributed by atoms with van der Waals surface area (Å²) in [7, 11) is 0. The highest BCUT2D eigenvalue weighted by atomic mass is 35.5. The fraction of sp³-hybridized carbons (Fsp3) is 0.0870. The maximum atomic E-state index is 12.0. The first-order valence-corrected chi connectivity index (χ1v) is 9.62. The molecule has 0 spiro atoms. The molecule has 5 heteroatoms. The summed E-state index contributed by atoms with van der Waals surface area (Å²) in [6.45, 7) is 2.46. The second-order valence-electron chi connectivity index (χ2n) is 6.79. The van der Waals surface area contributed by atoms with Crippen molar-refractivity contribution in [2.45, 2.75) is 13.5 Å². The third kappa shape index (κ3) is 3.39. The molecule has 0 radical (unpaired) electrons. The summed E-state index contributed by atoms with van der Waals surface area (Å²) in [5, 5.41) is 3.33. The molecule has 0 unspecified atom stereocenters. The summed E-state index contributed by atoms with van der Waals surface area (Å²) in [6, 6.07) is 21.9. The van der Waals surface area contributed by atoms with E-state index in [1.807, 2.05) is 37.3 Å². The molecule has 0 saturated heterocycles. The van der Waals surface area contributed by atoms with Crippen LogP contribution in [-0.4, -0.2) is 10.5 Å². The highest BCUT2D eigenvalue weighted by Gasteiger charge is 2.17. The summed E-state index contributed by atoms with van der Waals surface area (Å²) in [5.41, 5.74) is 9.90. The number of hydrogen-bond donors (Lipinski definition) is 1. The number of nitrogens with two attached hydrogens (primary N) is 1. The van der Waals surface area contributed by atoms with Crippen molar-refractivity contribution in [1.29, 1.82) is 0 Å². The Kier molecular flexibility index (Phi) is 4.88. The number of carbonyl (C=O) groups is 1. The summed E-state index contributed by atoms with van der Waals surface area (Å²) < 4.78 is 2.09. The van der Waals surface area contributed by atoms with E-state index in [1.54, 1.807) is 6.07 Å². The van der Waals surface area contributed by atoms with Crippen molar-refractivity contribution in [2.24, 2.45) is 5.73 Å². The number of rotatable bonds is 4. The SMILES string of the molecule is Cc1c(C(N)=O)cc(-c2ccc3ccccc3c2)n1Cc1ccc(Cl)c(Cl)c1. The number of benzene rings is 3. The Morgan fingerprint density at radius 3 is 2.39 bits per heavy atom. The number of aromatic nitrogens is 1. The van der Waals surface area contributed by atoms with Crippen LogP contribution in [0.5, 0.6) is 0 Å². The van der Waals surface area contributed by atoms with Crippen LogP contribution in [0.2, 0.25) is 10.0 Å². The smallest absolute Gasteiger partial charge is 0.250 e. The van der Waals surface area contributed by atoms with Gasteiger partial charge in [-0.3, -0.25) is 4.79 Å². The van der Waals surface area contributed by atoms with Gasteiger partial charge >= 0.3 is 0 Å². The van der Waals surface area contributed by atoms with Crippen LogP contribution in [0.25, 0.3) is 22.0 Å². The van der Waals surface area contributed by atoms with E-state index in [1.165, 1.54) is 5.39 Å². The second-order valence-corrected chi connectivity index (χ2v) is 7.60. The van der Waals surface area contributed by atoms with E-state index >= 15 is 0 Å². The van der Waals surface area contributed by atoms with Gasteiger partial charge in [-0.25, -0.2) is 0 Å². The van der Waals surface area contributed by atoms with Gasteiger partial charge in [-0.15, -0.1) is 0 Å². The van der Waals surface area contributed by atoms with E-state index in [0.717, 1.165) is 27.9 Å². The molecule has 0 fully saturated rings. The standard InChI is InChI=1S/C23H18Cl2N2O/c1-14-19(23(26)28)12-22(18-8-7-16-4-2-3-5-17(16)11-18)27(14)13-15-6-9-20(24)21(25)10-15/h2-12H,13H2,1H3,(H2,26,28). The average Bonchev–Trinajstić information content (AvgIpc) is 3.01. The molecule has 1 aromatic heterocycles. The predicted molar refractivity (Wildman–Crippen MR) is 116 cm³/mol. The highest BCUT2D eigenvalue weighted by Crippen LogP contribution is 2.30. The molecule has 3 aromatic carbocycles. The van der Waals surface area contributed by atoms with Crippen molar-refractivity contribution in [1.82, 2.24) is 4.57 Å². The number of hydrogen-bond acceptors (Lipinski definition) is 1. The van der Waals surface area contributed by atoms with Crippen LogP contribution in [-0.2, 0) is 6.54 Å². The predicted octanol–water partition coefficient (Wildman–Crippen LogP) is 6.07. The van der Waals surface area contributed by atoms with Gasteiger partial charge in [-0.1, -0.05) is 65.7 Å². The minimum atomic E-state index is -0.438. The highest BCUT2D eigenvalue weighted by molar-refractivity contribution is 6.42. The number of carbonyl (C=O) groups excluding carboxylic acids is 1. The van der Waals surface area contributed by atoms with Crippen LogP contribution in [0.3, 0.4) is 0 Å². The Balaban J connectivity index is 1.86. The molecular formula is C23H18Cl2N2O. The topological polar surface area (TPSA) is 48.0 Å². The van der Waals surface area contributed by atoms with Crippen LogP contribution < -0.4 is 5.73 Å². The number of primary amides is 1. The summed E-state index contributed by atoms with van der Waals surface area (Å²) in [5.74, 6) is -0.438. The van der Waals surface area contributed by atoms with Crippen molar-refractivity contribution in [3.63, 3.8) is 0 Å². The lowest BCUT2D eigenvalue weighted by atomic mass is 10.0. The molecular weight excluding hydrogens is 391 g/mol. The van der Waals surface area contributed by atoms with Crippen LogP contribution in [0.4, 0.5) is 0 Å². The molecule has 4 rings (SSSR count). The molecule has 2 N–H and O–H groups in total. The lowest BCUT2D eigenvalue weighted by Gasteiger charge is -2.13. The number of halogens is 2. The van der Waals surface area contributed by atoms with Gasteiger partial charge in [0.25, 0.3) is 5.91 Å². The average molecular weight is 409 g/mol. The molecule has 3 nitrogen and oxygen atoms in total. The first-order chi connectivity index (χ1) is 13.4. The molecule has 0 atom stereocenters. The molecule has 0 bridgehead atoms. The minimum absolute atomic E-state index is 0.438. The van der Waals surface area contributed by atoms with Gasteiger partial charge in [0.15, 0.2) is 0 Å². The third-order valence-electron chi connectivity index (χ3n) is 5.00. The molecule has 140 valence electrons. The number of amides is 1. The summed E-state index contributed by atoms with van der Waals surface area (Å²) >= 11 is 12.2. The number of nitrogens with zero attached hydrogens (tertiary/aromatic N) is 1. The van der Waals surface area contributed by atoms with Crippen molar-refractivity contribution in [2.75, 3.05) is 0 Å². The lowest BCUT2D eigenvalue weighted by molar-refractivity contribution is 0.0999. The van der Waals surface area contributed by atoms with Gasteiger partial charge in [0.1, 0.15) is 0 Å². The first kappa shape index (κ1) is 18.6. The zero-order chi connectivity index (χ0) is 19.8. The Morgan fingerprint density at radius 1 is 0.929 bits per heavy atom. The monoisotopic (exact) mass is 408 g/mol. The van der Waals surface area contributed by atoms with E-state index in [0.29, 0.717) is 22.2 Å². The lowest BCUT2D eigenvalue weighted by Crippen LogP contribution is -2.12. The van der Waals surface area contributed by atoms with Gasteiger partial charge in [-0.2, -0.15) is 0 Å². The van der Waals surface area contributed by atoms with Gasteiger partial charge in [0.2, 0.25) is 0 Å². The minimum Gasteiger partial charge on any atom is -0.366 e. The summed E-state index contributed by atoms with van der Waals surface area (Å²) in [4.78, 5) is 12.0. The Bertz CT molecular complexity index is 1210. The third-order valence-corrected chi connectivity index (χ3v) is 5.74. The van der Waals surface area contributed by atoms with Crippen molar-refractivity contribution >= 4 is 39.9 Å². The van der Waals surface area contributed by atoms with E-state index in [-0.39, 0.29) is 0 Å². The zero-order valence-electron chi connectivity index (χ0n) is 15.2. The van der Waals surface area contributed by atoms with E-state index in [4.69, 9.17) is 28.9 Å². The fourth-order valence-corrected chi connectivity index (χ4v) is 3.83. The first-order valence-electron chi connectivity index (χ1n) is 8.87. The van der Waals surface area contributed by atoms with Gasteiger partial charge in [0, 0.05) is 17.9 Å². The molecule has 28 heavy (non-hydrogen) atoms. The largest absolute Gasteiger partial charge is 0.366 e. The number of fused-ring (bicyclic) bond motifs is 1. The van der Waals surface area contributed by atoms with Crippen LogP contribution >= 0.6 is 23.2 Å². The quantitative estimate of drug-likeness (QED) is 0.437. The van der Waals surface area contributed by atoms with Crippen LogP contribution in [0.15, 0.2) is 66.7 Å². The van der Waals surface area contributed by atoms with Crippen molar-refractivity contribution < 1.29 is 4.79 Å². The van der Waals surface area contributed by atoms with Gasteiger partial charge in [0.05, 0.1) is 15.6 Å². The van der Waals surface area contributed by atoms with E-state index in [2.05, 4.69) is 34.9 Å². The molecule has 1 amide bonds.